The maximum Gasteiger partial charge on any atom is 0.338 e. The quantitative estimate of drug-likeness (QED) is 0.826. The number of carbonyl (C=O) groups excluding carboxylic acids is 1. The van der Waals surface area contributed by atoms with Gasteiger partial charge in [-0.3, -0.25) is 14.3 Å². The fourth-order valence-electron chi connectivity index (χ4n) is 2.52. The van der Waals surface area contributed by atoms with Gasteiger partial charge < -0.3 is 14.2 Å². The van der Waals surface area contributed by atoms with Gasteiger partial charge in [0.15, 0.2) is 18.6 Å². The first kappa shape index (κ1) is 16.2. The molecule has 0 amide bonds. The molecular formula is C16H16N2O6. The van der Waals surface area contributed by atoms with Gasteiger partial charge in [-0.1, -0.05) is 18.2 Å². The van der Waals surface area contributed by atoms with Crippen LogP contribution >= 0.6 is 0 Å². The Labute approximate surface area is 136 Å². The minimum absolute atomic E-state index is 0.269. The summed E-state index contributed by atoms with van der Waals surface area (Å²) in [5, 5.41) is 0. The van der Waals surface area contributed by atoms with Crippen molar-refractivity contribution in [2.45, 2.75) is 25.0 Å². The van der Waals surface area contributed by atoms with Gasteiger partial charge in [0.1, 0.15) is 0 Å². The zero-order chi connectivity index (χ0) is 17.1. The number of aromatic amines is 1. The molecule has 0 aliphatic carbocycles. The topological polar surface area (TPSA) is 99.6 Å². The van der Waals surface area contributed by atoms with Gasteiger partial charge in [0.25, 0.3) is 5.56 Å². The van der Waals surface area contributed by atoms with Crippen LogP contribution in [0.2, 0.25) is 0 Å². The summed E-state index contributed by atoms with van der Waals surface area (Å²) in [6, 6.07) is 9.70. The largest absolute Gasteiger partial charge is 0.454 e. The van der Waals surface area contributed by atoms with Crippen molar-refractivity contribution in [1.82, 2.24) is 9.55 Å². The second kappa shape index (κ2) is 6.81. The summed E-state index contributed by atoms with van der Waals surface area (Å²) in [4.78, 5) is 37.6. The highest BCUT2D eigenvalue weighted by Gasteiger charge is 2.40. The van der Waals surface area contributed by atoms with E-state index in [9.17, 15) is 14.4 Å². The maximum absolute atomic E-state index is 12.2. The third kappa shape index (κ3) is 3.29. The van der Waals surface area contributed by atoms with Crippen molar-refractivity contribution in [3.63, 3.8) is 0 Å². The van der Waals surface area contributed by atoms with Crippen LogP contribution in [0, 0.1) is 0 Å². The van der Waals surface area contributed by atoms with E-state index in [-0.39, 0.29) is 6.42 Å². The smallest absolute Gasteiger partial charge is 0.338 e. The summed E-state index contributed by atoms with van der Waals surface area (Å²) in [7, 11) is 1.46. The van der Waals surface area contributed by atoms with Gasteiger partial charge in [-0.15, -0.1) is 0 Å². The molecule has 1 N–H and O–H groups in total. The van der Waals surface area contributed by atoms with Gasteiger partial charge in [0.05, 0.1) is 5.56 Å². The van der Waals surface area contributed by atoms with E-state index in [1.165, 1.54) is 23.9 Å². The normalized spacial score (nSPS) is 23.1. The number of aromatic nitrogens is 2. The summed E-state index contributed by atoms with van der Waals surface area (Å²) in [5.41, 5.74) is -0.772. The highest BCUT2D eigenvalue weighted by Crippen LogP contribution is 2.31. The lowest BCUT2D eigenvalue weighted by molar-refractivity contribution is -0.141. The summed E-state index contributed by atoms with van der Waals surface area (Å²) in [5.74, 6) is -0.525. The van der Waals surface area contributed by atoms with E-state index in [0.717, 1.165) is 0 Å². The molecule has 1 aliphatic heterocycles. The first-order chi connectivity index (χ1) is 11.6. The Balaban J connectivity index is 1.85. The van der Waals surface area contributed by atoms with E-state index in [4.69, 9.17) is 14.2 Å². The van der Waals surface area contributed by atoms with Gasteiger partial charge in [-0.05, 0) is 12.1 Å². The van der Waals surface area contributed by atoms with Crippen molar-refractivity contribution < 1.29 is 19.0 Å². The Morgan fingerprint density at radius 1 is 1.25 bits per heavy atom. The van der Waals surface area contributed by atoms with Crippen molar-refractivity contribution in [3.05, 3.63) is 69.0 Å². The van der Waals surface area contributed by atoms with Crippen LogP contribution in [-0.2, 0) is 14.2 Å². The molecule has 1 unspecified atom stereocenters. The molecule has 1 aromatic carbocycles. The molecule has 24 heavy (non-hydrogen) atoms. The molecule has 2 aromatic rings. The van der Waals surface area contributed by atoms with Crippen LogP contribution in [0.5, 0.6) is 0 Å². The highest BCUT2D eigenvalue weighted by atomic mass is 16.7. The number of H-pyrrole nitrogens is 1. The lowest BCUT2D eigenvalue weighted by Gasteiger charge is -2.20. The molecule has 1 aromatic heterocycles. The standard InChI is InChI=1S/C16H16N2O6/c1-22-13-9-11(23-15(20)10-5-3-2-4-6-10)14(24-13)18-8-7-12(19)17-16(18)21/h2-8,11,13-14H,9H2,1H3,(H,17,19,21)/t11?,13-,14+/m0/s1. The molecule has 0 bridgehead atoms. The Kier molecular flexibility index (Phi) is 4.59. The zero-order valence-corrected chi connectivity index (χ0v) is 12.9. The number of rotatable bonds is 4. The lowest BCUT2D eigenvalue weighted by atomic mass is 10.2. The fraction of sp³-hybridized carbons (Fsp3) is 0.312. The van der Waals surface area contributed by atoms with Crippen molar-refractivity contribution >= 4 is 5.97 Å². The van der Waals surface area contributed by atoms with E-state index in [0.29, 0.717) is 5.56 Å². The number of hydrogen-bond donors (Lipinski definition) is 1. The number of nitrogens with zero attached hydrogens (tertiary/aromatic N) is 1. The third-order valence-corrected chi connectivity index (χ3v) is 3.69. The number of ether oxygens (including phenoxy) is 3. The van der Waals surface area contributed by atoms with Crippen LogP contribution in [0.25, 0.3) is 0 Å². The lowest BCUT2D eigenvalue weighted by Crippen LogP contribution is -2.36. The molecule has 1 fully saturated rings. The molecule has 2 heterocycles. The predicted molar refractivity (Wildman–Crippen MR) is 82.5 cm³/mol. The molecule has 8 heteroatoms. The van der Waals surface area contributed by atoms with E-state index < -0.39 is 35.8 Å². The minimum atomic E-state index is -0.882. The Hall–Kier alpha value is -2.71. The SMILES string of the molecule is CO[C@@H]1CC(OC(=O)c2ccccc2)[C@H](n2ccc(=O)[nH]c2=O)O1. The number of hydrogen-bond acceptors (Lipinski definition) is 6. The zero-order valence-electron chi connectivity index (χ0n) is 12.9. The van der Waals surface area contributed by atoms with Crippen LogP contribution in [0.15, 0.2) is 52.2 Å². The molecule has 8 nitrogen and oxygen atoms in total. The maximum atomic E-state index is 12.2. The van der Waals surface area contributed by atoms with Crippen molar-refractivity contribution in [1.29, 1.82) is 0 Å². The molecule has 0 radical (unpaired) electrons. The van der Waals surface area contributed by atoms with Crippen molar-refractivity contribution in [3.8, 4) is 0 Å². The molecular weight excluding hydrogens is 316 g/mol. The van der Waals surface area contributed by atoms with Gasteiger partial charge in [-0.25, -0.2) is 9.59 Å². The Morgan fingerprint density at radius 3 is 2.67 bits per heavy atom. The van der Waals surface area contributed by atoms with Crippen LogP contribution in [-0.4, -0.2) is 35.0 Å². The van der Waals surface area contributed by atoms with E-state index >= 15 is 0 Å². The number of methoxy groups -OCH3 is 1. The van der Waals surface area contributed by atoms with Crippen LogP contribution in [0.3, 0.4) is 0 Å². The molecule has 126 valence electrons. The van der Waals surface area contributed by atoms with Crippen LogP contribution < -0.4 is 11.2 Å². The minimum Gasteiger partial charge on any atom is -0.454 e. The molecule has 0 spiro atoms. The molecule has 3 atom stereocenters. The Bertz CT molecular complexity index is 828. The van der Waals surface area contributed by atoms with E-state index in [2.05, 4.69) is 4.98 Å². The summed E-state index contributed by atoms with van der Waals surface area (Å²) < 4.78 is 17.4. The molecule has 1 saturated heterocycles. The summed E-state index contributed by atoms with van der Waals surface area (Å²) in [6.07, 6.45) is -0.668. The van der Waals surface area contributed by atoms with Gasteiger partial charge in [0, 0.05) is 25.8 Å². The van der Waals surface area contributed by atoms with E-state index in [1.54, 1.807) is 30.3 Å². The number of carbonyl (C=O) groups is 1. The summed E-state index contributed by atoms with van der Waals surface area (Å²) in [6.45, 7) is 0. The molecule has 0 saturated carbocycles. The monoisotopic (exact) mass is 332 g/mol. The van der Waals surface area contributed by atoms with Crippen LogP contribution in [0.4, 0.5) is 0 Å². The second-order valence-electron chi connectivity index (χ2n) is 5.25. The van der Waals surface area contributed by atoms with Crippen LogP contribution in [0.1, 0.15) is 23.0 Å². The van der Waals surface area contributed by atoms with Gasteiger partial charge in [0.2, 0.25) is 0 Å². The van der Waals surface area contributed by atoms with Gasteiger partial charge in [-0.2, -0.15) is 0 Å². The molecule has 1 aliphatic rings. The predicted octanol–water partition coefficient (Wildman–Crippen LogP) is 0.654. The molecule has 3 rings (SSSR count). The van der Waals surface area contributed by atoms with E-state index in [1.807, 2.05) is 0 Å². The van der Waals surface area contributed by atoms with Gasteiger partial charge >= 0.3 is 11.7 Å². The van der Waals surface area contributed by atoms with Crippen molar-refractivity contribution in [2.75, 3.05) is 7.11 Å². The van der Waals surface area contributed by atoms with Crippen molar-refractivity contribution in [2.24, 2.45) is 0 Å². The first-order valence-electron chi connectivity index (χ1n) is 7.34. The number of benzene rings is 1. The number of nitrogens with one attached hydrogen (secondary N) is 1. The highest BCUT2D eigenvalue weighted by molar-refractivity contribution is 5.89. The summed E-state index contributed by atoms with van der Waals surface area (Å²) >= 11 is 0. The average molecular weight is 332 g/mol. The Morgan fingerprint density at radius 2 is 2.00 bits per heavy atom. The first-order valence-corrected chi connectivity index (χ1v) is 7.34. The third-order valence-electron chi connectivity index (χ3n) is 3.69. The second-order valence-corrected chi connectivity index (χ2v) is 5.25. The average Bonchev–Trinajstić information content (AvgIpc) is 2.98. The fourth-order valence-corrected chi connectivity index (χ4v) is 2.52. The number of esters is 1.